The molecule has 0 saturated carbocycles. The van der Waals surface area contributed by atoms with E-state index in [-0.39, 0.29) is 31.3 Å². The highest BCUT2D eigenvalue weighted by molar-refractivity contribution is 5.85. The van der Waals surface area contributed by atoms with Crippen LogP contribution >= 0.6 is 12.4 Å². The van der Waals surface area contributed by atoms with E-state index in [1.165, 1.54) is 32.1 Å². The van der Waals surface area contributed by atoms with Crippen LogP contribution in [0.2, 0.25) is 0 Å². The van der Waals surface area contributed by atoms with Crippen LogP contribution in [0.5, 0.6) is 0 Å². The van der Waals surface area contributed by atoms with Gasteiger partial charge in [0.15, 0.2) is 0 Å². The Hall–Kier alpha value is -0.850. The van der Waals surface area contributed by atoms with Gasteiger partial charge in [-0.2, -0.15) is 0 Å². The summed E-state index contributed by atoms with van der Waals surface area (Å²) in [6.45, 7) is 1.02. The third-order valence-corrected chi connectivity index (χ3v) is 3.57. The lowest BCUT2D eigenvalue weighted by molar-refractivity contribution is -0.167. The molecule has 0 heterocycles. The van der Waals surface area contributed by atoms with Crippen LogP contribution in [0.1, 0.15) is 64.2 Å². The third kappa shape index (κ3) is 17.3. The minimum atomic E-state index is -1.02. The van der Waals surface area contributed by atoms with Gasteiger partial charge in [-0.05, 0) is 33.5 Å². The summed E-state index contributed by atoms with van der Waals surface area (Å²) in [6.07, 6.45) is 9.15. The zero-order valence-corrected chi connectivity index (χ0v) is 15.3. The molecule has 0 aliphatic rings. The van der Waals surface area contributed by atoms with E-state index in [2.05, 4.69) is 19.0 Å². The second-order valence-electron chi connectivity index (χ2n) is 6.04. The van der Waals surface area contributed by atoms with Crippen LogP contribution in [-0.2, 0) is 9.59 Å². The van der Waals surface area contributed by atoms with Crippen molar-refractivity contribution in [3.63, 3.8) is 0 Å². The Morgan fingerprint density at radius 3 is 1.74 bits per heavy atom. The fourth-order valence-electron chi connectivity index (χ4n) is 2.22. The number of hydrogen-bond donors (Lipinski definition) is 2. The van der Waals surface area contributed by atoms with Gasteiger partial charge in [-0.1, -0.05) is 38.5 Å². The molecule has 138 valence electrons. The first-order chi connectivity index (χ1) is 10.4. The molecule has 0 aromatic heterocycles. The smallest absolute Gasteiger partial charge is 0.305 e. The zero-order valence-electron chi connectivity index (χ0n) is 14.5. The molecule has 0 aliphatic heterocycles. The number of hydrogen-bond acceptors (Lipinski definition) is 4. The summed E-state index contributed by atoms with van der Waals surface area (Å²) >= 11 is 0. The molecule has 0 atom stereocenters. The summed E-state index contributed by atoms with van der Waals surface area (Å²) < 4.78 is 0. The number of hydroxylamine groups is 2. The van der Waals surface area contributed by atoms with E-state index in [1.54, 1.807) is 0 Å². The SMILES string of the molecule is CN(C)CCCCCCCCCCC(=O)N(O)CCC(=O)O.Cl. The third-order valence-electron chi connectivity index (χ3n) is 3.57. The van der Waals surface area contributed by atoms with E-state index in [9.17, 15) is 14.8 Å². The molecule has 0 aromatic rings. The van der Waals surface area contributed by atoms with Crippen molar-refractivity contribution in [3.8, 4) is 0 Å². The van der Waals surface area contributed by atoms with Crippen molar-refractivity contribution in [2.24, 2.45) is 0 Å². The lowest BCUT2D eigenvalue weighted by Crippen LogP contribution is -2.29. The maximum atomic E-state index is 11.5. The topological polar surface area (TPSA) is 81.1 Å². The van der Waals surface area contributed by atoms with Crippen LogP contribution in [0.25, 0.3) is 0 Å². The largest absolute Gasteiger partial charge is 0.481 e. The zero-order chi connectivity index (χ0) is 16.8. The van der Waals surface area contributed by atoms with Gasteiger partial charge in [0.2, 0.25) is 5.91 Å². The Morgan fingerprint density at radius 2 is 1.26 bits per heavy atom. The normalized spacial score (nSPS) is 10.4. The molecule has 1 amide bonds. The van der Waals surface area contributed by atoms with E-state index >= 15 is 0 Å². The predicted molar refractivity (Wildman–Crippen MR) is 93.1 cm³/mol. The Labute approximate surface area is 146 Å². The summed E-state index contributed by atoms with van der Waals surface area (Å²) in [7, 11) is 4.19. The van der Waals surface area contributed by atoms with Crippen LogP contribution in [0.15, 0.2) is 0 Å². The number of rotatable bonds is 14. The standard InChI is InChI=1S/C16H32N2O4.ClH/c1-17(2)13-10-8-6-4-3-5-7-9-11-15(19)18(22)14-12-16(20)21;/h22H,3-14H2,1-2H3,(H,20,21);1H. The average molecular weight is 353 g/mol. The quantitative estimate of drug-likeness (QED) is 0.285. The van der Waals surface area contributed by atoms with Gasteiger partial charge >= 0.3 is 5.97 Å². The van der Waals surface area contributed by atoms with Gasteiger partial charge in [0.05, 0.1) is 13.0 Å². The van der Waals surface area contributed by atoms with Crippen molar-refractivity contribution in [1.82, 2.24) is 9.96 Å². The molecule has 0 saturated heterocycles. The van der Waals surface area contributed by atoms with Gasteiger partial charge in [0.25, 0.3) is 0 Å². The van der Waals surface area contributed by atoms with Crippen molar-refractivity contribution < 1.29 is 19.9 Å². The predicted octanol–water partition coefficient (Wildman–Crippen LogP) is 3.17. The molecule has 0 unspecified atom stereocenters. The van der Waals surface area contributed by atoms with E-state index in [4.69, 9.17) is 5.11 Å². The fraction of sp³-hybridized carbons (Fsp3) is 0.875. The first kappa shape index (κ1) is 24.4. The lowest BCUT2D eigenvalue weighted by Gasteiger charge is -2.13. The summed E-state index contributed by atoms with van der Waals surface area (Å²) in [5.41, 5.74) is 0. The summed E-state index contributed by atoms with van der Waals surface area (Å²) in [5, 5.41) is 18.3. The molecule has 0 fully saturated rings. The van der Waals surface area contributed by atoms with Crippen molar-refractivity contribution >= 4 is 24.3 Å². The van der Waals surface area contributed by atoms with Crippen molar-refractivity contribution in [2.75, 3.05) is 27.2 Å². The van der Waals surface area contributed by atoms with Crippen molar-refractivity contribution in [1.29, 1.82) is 0 Å². The molecule has 0 bridgehead atoms. The van der Waals surface area contributed by atoms with E-state index in [0.717, 1.165) is 25.8 Å². The Morgan fingerprint density at radius 1 is 0.783 bits per heavy atom. The number of carboxylic acid groups (broad SMARTS) is 1. The van der Waals surface area contributed by atoms with Gasteiger partial charge in [-0.3, -0.25) is 14.8 Å². The molecule has 6 nitrogen and oxygen atoms in total. The number of halogens is 1. The second kappa shape index (κ2) is 16.0. The minimum absolute atomic E-state index is 0. The molecule has 0 spiro atoms. The van der Waals surface area contributed by atoms with Gasteiger partial charge in [-0.15, -0.1) is 12.4 Å². The van der Waals surface area contributed by atoms with Gasteiger partial charge < -0.3 is 10.0 Å². The minimum Gasteiger partial charge on any atom is -0.481 e. The Balaban J connectivity index is 0. The first-order valence-electron chi connectivity index (χ1n) is 8.29. The number of carbonyl (C=O) groups is 2. The first-order valence-corrected chi connectivity index (χ1v) is 8.29. The van der Waals surface area contributed by atoms with Crippen LogP contribution in [0.3, 0.4) is 0 Å². The van der Waals surface area contributed by atoms with Gasteiger partial charge in [0.1, 0.15) is 0 Å². The van der Waals surface area contributed by atoms with Crippen LogP contribution < -0.4 is 0 Å². The van der Waals surface area contributed by atoms with E-state index in [0.29, 0.717) is 11.5 Å². The van der Waals surface area contributed by atoms with Gasteiger partial charge in [-0.25, -0.2) is 5.06 Å². The van der Waals surface area contributed by atoms with Crippen LogP contribution in [0.4, 0.5) is 0 Å². The van der Waals surface area contributed by atoms with Crippen LogP contribution in [0, 0.1) is 0 Å². The number of carboxylic acids is 1. The molecule has 0 rings (SSSR count). The van der Waals surface area contributed by atoms with Crippen LogP contribution in [-0.4, -0.2) is 59.3 Å². The highest BCUT2D eigenvalue weighted by Gasteiger charge is 2.11. The highest BCUT2D eigenvalue weighted by Crippen LogP contribution is 2.10. The second-order valence-corrected chi connectivity index (χ2v) is 6.04. The maximum absolute atomic E-state index is 11.5. The molecule has 0 radical (unpaired) electrons. The number of nitrogens with zero attached hydrogens (tertiary/aromatic N) is 2. The molecular formula is C16H33ClN2O4. The molecule has 2 N–H and O–H groups in total. The maximum Gasteiger partial charge on any atom is 0.305 e. The molecule has 23 heavy (non-hydrogen) atoms. The monoisotopic (exact) mass is 352 g/mol. The summed E-state index contributed by atoms with van der Waals surface area (Å²) in [5.74, 6) is -1.40. The highest BCUT2D eigenvalue weighted by atomic mass is 35.5. The number of amides is 1. The molecule has 0 aliphatic carbocycles. The van der Waals surface area contributed by atoms with E-state index < -0.39 is 5.97 Å². The lowest BCUT2D eigenvalue weighted by atomic mass is 10.1. The summed E-state index contributed by atoms with van der Waals surface area (Å²) in [4.78, 5) is 24.0. The molecule has 0 aromatic carbocycles. The average Bonchev–Trinajstić information content (AvgIpc) is 2.45. The fourth-order valence-corrected chi connectivity index (χ4v) is 2.22. The van der Waals surface area contributed by atoms with Crippen molar-refractivity contribution in [3.05, 3.63) is 0 Å². The molecular weight excluding hydrogens is 320 g/mol. The summed E-state index contributed by atoms with van der Waals surface area (Å²) in [6, 6.07) is 0. The number of aliphatic carboxylic acids is 1. The van der Waals surface area contributed by atoms with Gasteiger partial charge in [0, 0.05) is 6.42 Å². The van der Waals surface area contributed by atoms with Crippen molar-refractivity contribution in [2.45, 2.75) is 64.2 Å². The number of carbonyl (C=O) groups excluding carboxylic acids is 1. The Kier molecular flexibility index (Phi) is 17.0. The molecule has 7 heteroatoms. The van der Waals surface area contributed by atoms with E-state index in [1.807, 2.05) is 0 Å². The Bertz CT molecular complexity index is 314. The number of unbranched alkanes of at least 4 members (excludes halogenated alkanes) is 7.